The van der Waals surface area contributed by atoms with Gasteiger partial charge >= 0.3 is 12.2 Å². The van der Waals surface area contributed by atoms with Crippen molar-refractivity contribution < 1.29 is 46.1 Å². The number of likely N-dealkylation sites (N-methyl/N-ethyl adjacent to an activating group) is 1. The van der Waals surface area contributed by atoms with E-state index in [1.807, 2.05) is 13.0 Å². The highest BCUT2D eigenvalue weighted by Crippen LogP contribution is 2.43. The van der Waals surface area contributed by atoms with Crippen molar-refractivity contribution in [2.45, 2.75) is 94.5 Å². The van der Waals surface area contributed by atoms with Gasteiger partial charge in [0.2, 0.25) is 0 Å². The summed E-state index contributed by atoms with van der Waals surface area (Å²) < 4.78 is 92.6. The van der Waals surface area contributed by atoms with Crippen LogP contribution < -0.4 is 24.8 Å². The molecule has 1 amide bonds. The molecular formula is C54H52F6N10O4. The van der Waals surface area contributed by atoms with Gasteiger partial charge < -0.3 is 35.0 Å². The molecule has 5 saturated heterocycles. The minimum Gasteiger partial charge on any atom is -0.508 e. The quantitative estimate of drug-likeness (QED) is 0.0996. The Morgan fingerprint density at radius 1 is 1.00 bits per heavy atom. The molecule has 11 rings (SSSR count). The Balaban J connectivity index is 0.000000183. The number of benzene rings is 3. The molecule has 6 atom stereocenters. The number of phenolic OH excluding ortho intramolecular Hbond substituents is 1. The Morgan fingerprint density at radius 2 is 1.77 bits per heavy atom. The lowest BCUT2D eigenvalue weighted by Gasteiger charge is -2.34. The van der Waals surface area contributed by atoms with Crippen LogP contribution in [-0.2, 0) is 11.0 Å². The number of carbonyl (C=O) groups excluding carboxylic acids is 1. The van der Waals surface area contributed by atoms with Crippen molar-refractivity contribution >= 4 is 44.9 Å². The number of phenols is 1. The number of aryl methyl sites for hydroxylation is 2. The smallest absolute Gasteiger partial charge is 0.417 e. The zero-order valence-corrected chi connectivity index (χ0v) is 40.7. The van der Waals surface area contributed by atoms with Crippen molar-refractivity contribution in [3.63, 3.8) is 0 Å². The van der Waals surface area contributed by atoms with Crippen LogP contribution in [0, 0.1) is 49.2 Å². The molecule has 14 nitrogen and oxygen atoms in total. The third-order valence-corrected chi connectivity index (χ3v) is 15.0. The molecule has 0 aliphatic carbocycles. The number of anilines is 3. The molecule has 0 spiro atoms. The van der Waals surface area contributed by atoms with E-state index in [2.05, 4.69) is 36.0 Å². The summed E-state index contributed by atoms with van der Waals surface area (Å²) >= 11 is 0. The standard InChI is InChI=1S/C33H31F3N6O2.C21H21F3N4O2/c1-2-23-26(35)7-4-18-10-22(43)11-24(27(18)23)29-28(36)30-25(13-37-29)31(41-15-20-5-6-21(16-41)38-20)40-32(39-30)44-17-33-8-3-9-42(33)14-19(34)12-33;1-12-5-4-6-14(9-12)27(3)20(30)18-17(29)7-8-28(18)19-15(11-25)16(21(22,23)24)10-13(2)26-19/h1,4,7,10-11,13,19-21,38,43H,3,5-6,8-9,12,14-17H2;4-6,9-10,17-18,29H,7-8H2,1-3H3. The number of aromatic nitrogens is 4. The van der Waals surface area contributed by atoms with Gasteiger partial charge in [-0.2, -0.15) is 28.4 Å². The van der Waals surface area contributed by atoms with Gasteiger partial charge in [-0.15, -0.1) is 6.42 Å². The molecule has 3 N–H and O–H groups in total. The second-order valence-corrected chi connectivity index (χ2v) is 19.9. The number of nitrogens with zero attached hydrogens (tertiary/aromatic N) is 9. The second kappa shape index (κ2) is 19.5. The number of amides is 1. The first-order chi connectivity index (χ1) is 35.4. The number of nitrogens with one attached hydrogen (secondary N) is 1. The van der Waals surface area contributed by atoms with Gasteiger partial charge in [-0.1, -0.05) is 24.1 Å². The lowest BCUT2D eigenvalue weighted by Crippen LogP contribution is -2.51. The zero-order valence-electron chi connectivity index (χ0n) is 40.7. The Morgan fingerprint density at radius 3 is 2.49 bits per heavy atom. The second-order valence-electron chi connectivity index (χ2n) is 19.9. The van der Waals surface area contributed by atoms with Gasteiger partial charge in [-0.3, -0.25) is 14.7 Å². The van der Waals surface area contributed by atoms with E-state index in [1.165, 1.54) is 54.2 Å². The average molecular weight is 1020 g/mol. The first-order valence-corrected chi connectivity index (χ1v) is 24.5. The average Bonchev–Trinajstić information content (AvgIpc) is 4.13. The molecular weight excluding hydrogens is 967 g/mol. The molecule has 5 aliphatic heterocycles. The van der Waals surface area contributed by atoms with Crippen molar-refractivity contribution in [3.8, 4) is 41.4 Å². The highest BCUT2D eigenvalue weighted by Gasteiger charge is 2.50. The minimum atomic E-state index is -4.75. The lowest BCUT2D eigenvalue weighted by atomic mass is 9.95. The normalized spacial score (nSPS) is 23.4. The van der Waals surface area contributed by atoms with Gasteiger partial charge in [-0.05, 0) is 99.8 Å². The Hall–Kier alpha value is -7.26. The number of carbonyl (C=O) groups is 1. The van der Waals surface area contributed by atoms with E-state index in [-0.39, 0.29) is 70.6 Å². The van der Waals surface area contributed by atoms with E-state index >= 15 is 4.39 Å². The van der Waals surface area contributed by atoms with Gasteiger partial charge in [-0.25, -0.2) is 18.2 Å². The maximum absolute atomic E-state index is 16.7. The number of hydrogen-bond donors (Lipinski definition) is 3. The number of nitriles is 1. The van der Waals surface area contributed by atoms with Crippen LogP contribution in [0.25, 0.3) is 32.9 Å². The summed E-state index contributed by atoms with van der Waals surface area (Å²) in [5.41, 5.74) is -0.642. The third-order valence-electron chi connectivity index (χ3n) is 15.0. The molecule has 0 radical (unpaired) electrons. The zero-order chi connectivity index (χ0) is 52.4. The summed E-state index contributed by atoms with van der Waals surface area (Å²) in [6.45, 7) is 6.14. The van der Waals surface area contributed by atoms with E-state index in [0.717, 1.165) is 43.9 Å². The molecule has 6 aromatic rings. The summed E-state index contributed by atoms with van der Waals surface area (Å²) in [6.07, 6.45) is 4.85. The highest BCUT2D eigenvalue weighted by molar-refractivity contribution is 6.03. The number of aliphatic hydroxyl groups excluding tert-OH is 1. The fourth-order valence-electron chi connectivity index (χ4n) is 11.6. The van der Waals surface area contributed by atoms with Crippen LogP contribution in [0.2, 0.25) is 0 Å². The van der Waals surface area contributed by atoms with Crippen molar-refractivity contribution in [1.29, 1.82) is 5.26 Å². The van der Waals surface area contributed by atoms with Crippen molar-refractivity contribution in [1.82, 2.24) is 30.2 Å². The summed E-state index contributed by atoms with van der Waals surface area (Å²) in [6, 6.07) is 14.5. The van der Waals surface area contributed by atoms with E-state index in [9.17, 15) is 42.2 Å². The van der Waals surface area contributed by atoms with E-state index in [1.54, 1.807) is 24.3 Å². The molecule has 0 saturated carbocycles. The molecule has 2 bridgehead atoms. The Kier molecular flexibility index (Phi) is 13.3. The van der Waals surface area contributed by atoms with Crippen LogP contribution in [0.5, 0.6) is 11.8 Å². The van der Waals surface area contributed by atoms with Crippen LogP contribution in [0.1, 0.15) is 66.5 Å². The number of terminal acetylenes is 1. The number of pyridine rings is 2. The number of aromatic hydroxyl groups is 1. The van der Waals surface area contributed by atoms with Crippen molar-refractivity contribution in [2.24, 2.45) is 0 Å². The largest absolute Gasteiger partial charge is 0.508 e. The monoisotopic (exact) mass is 1020 g/mol. The fraction of sp³-hybridized carbons (Fsp3) is 0.407. The molecule has 20 heteroatoms. The highest BCUT2D eigenvalue weighted by atomic mass is 19.4. The number of hydrogen-bond acceptors (Lipinski definition) is 13. The molecule has 3 aromatic carbocycles. The van der Waals surface area contributed by atoms with Crippen LogP contribution in [-0.4, -0.2) is 123 Å². The summed E-state index contributed by atoms with van der Waals surface area (Å²) in [5.74, 6) is 0.614. The van der Waals surface area contributed by atoms with E-state index in [0.29, 0.717) is 60.4 Å². The van der Waals surface area contributed by atoms with Gasteiger partial charge in [0.1, 0.15) is 64.9 Å². The van der Waals surface area contributed by atoms with Crippen LogP contribution in [0.15, 0.2) is 60.8 Å². The number of piperazine rings is 1. The fourth-order valence-corrected chi connectivity index (χ4v) is 11.6. The molecule has 6 unspecified atom stereocenters. The van der Waals surface area contributed by atoms with Gasteiger partial charge in [0.25, 0.3) is 5.91 Å². The first kappa shape index (κ1) is 50.3. The third kappa shape index (κ3) is 9.24. The molecule has 3 aromatic heterocycles. The molecule has 5 fully saturated rings. The van der Waals surface area contributed by atoms with Gasteiger partial charge in [0, 0.05) is 80.3 Å². The predicted octanol–water partition coefficient (Wildman–Crippen LogP) is 7.90. The maximum atomic E-state index is 16.7. The Bertz CT molecular complexity index is 3280. The number of rotatable bonds is 8. The van der Waals surface area contributed by atoms with Crippen molar-refractivity contribution in [2.75, 3.05) is 61.1 Å². The Labute approximate surface area is 422 Å². The summed E-state index contributed by atoms with van der Waals surface area (Å²) in [5, 5.41) is 35.2. The van der Waals surface area contributed by atoms with Crippen LogP contribution in [0.4, 0.5) is 43.7 Å². The predicted molar refractivity (Wildman–Crippen MR) is 266 cm³/mol. The maximum Gasteiger partial charge on any atom is 0.417 e. The number of ether oxygens (including phenoxy) is 1. The molecule has 74 heavy (non-hydrogen) atoms. The van der Waals surface area contributed by atoms with Gasteiger partial charge in [0.15, 0.2) is 5.82 Å². The van der Waals surface area contributed by atoms with Crippen LogP contribution >= 0.6 is 0 Å². The number of fused-ring (bicyclic) bond motifs is 5. The minimum absolute atomic E-state index is 0.00778. The molecule has 8 heterocycles. The van der Waals surface area contributed by atoms with E-state index in [4.69, 9.17) is 16.1 Å². The van der Waals surface area contributed by atoms with Gasteiger partial charge in [0.05, 0.1) is 28.2 Å². The SMILES string of the molecule is C#Cc1c(F)ccc2cc(O)cc(-c3ncc4c(N5CC6CCC(C5)N6)nc(OCC56CCCN5CC(F)C6)nc4c3F)c12.Cc1cccc(N(C)C(=O)C2C(O)CCN2c2nc(C)cc(C(F)(F)F)c2C#N)c1. The van der Waals surface area contributed by atoms with E-state index < -0.39 is 58.7 Å². The molecule has 5 aliphatic rings. The number of alkyl halides is 4. The number of halogens is 6. The summed E-state index contributed by atoms with van der Waals surface area (Å²) in [7, 11) is 1.54. The first-order valence-electron chi connectivity index (χ1n) is 24.5. The van der Waals surface area contributed by atoms with Crippen LogP contribution in [0.3, 0.4) is 0 Å². The number of aliphatic hydroxyl groups is 1. The topological polar surface area (TPSA) is 167 Å². The lowest BCUT2D eigenvalue weighted by molar-refractivity contribution is -0.137. The summed E-state index contributed by atoms with van der Waals surface area (Å²) in [4.78, 5) is 38.1. The molecule has 384 valence electrons. The van der Waals surface area contributed by atoms with Crippen molar-refractivity contribution in [3.05, 3.63) is 100 Å².